The summed E-state index contributed by atoms with van der Waals surface area (Å²) < 4.78 is 1.66. The van der Waals surface area contributed by atoms with Gasteiger partial charge in [-0.15, -0.1) is 0 Å². The average molecular weight is 459 g/mol. The second kappa shape index (κ2) is 9.22. The first kappa shape index (κ1) is 22.6. The maximum absolute atomic E-state index is 12.2. The molecule has 0 spiro atoms. The van der Waals surface area contributed by atoms with Crippen LogP contribution >= 0.6 is 0 Å². The van der Waals surface area contributed by atoms with E-state index >= 15 is 0 Å². The number of nitrogens with zero attached hydrogens (tertiary/aromatic N) is 5. The third-order valence-corrected chi connectivity index (χ3v) is 6.97. The lowest BCUT2D eigenvalue weighted by molar-refractivity contribution is 0.617. The molecule has 3 aromatic rings. The molecule has 0 radical (unpaired) electrons. The molecule has 5 rings (SSSR count). The van der Waals surface area contributed by atoms with Crippen molar-refractivity contribution in [2.24, 2.45) is 7.05 Å². The fourth-order valence-corrected chi connectivity index (χ4v) is 5.02. The molecular weight excluding hydrogens is 424 g/mol. The van der Waals surface area contributed by atoms with E-state index in [1.165, 1.54) is 11.3 Å². The zero-order valence-electron chi connectivity index (χ0n) is 20.6. The largest absolute Gasteiger partial charge is 0.353 e. The van der Waals surface area contributed by atoms with Crippen LogP contribution in [0.3, 0.4) is 0 Å². The third kappa shape index (κ3) is 4.32. The van der Waals surface area contributed by atoms with Crippen LogP contribution in [0.5, 0.6) is 0 Å². The van der Waals surface area contributed by atoms with Crippen LogP contribution in [0.25, 0.3) is 11.1 Å². The fourth-order valence-electron chi connectivity index (χ4n) is 5.02. The van der Waals surface area contributed by atoms with Gasteiger partial charge in [0.15, 0.2) is 0 Å². The summed E-state index contributed by atoms with van der Waals surface area (Å²) in [7, 11) is 1.81. The van der Waals surface area contributed by atoms with E-state index in [4.69, 9.17) is 9.97 Å². The summed E-state index contributed by atoms with van der Waals surface area (Å²) in [5, 5.41) is 3.42. The van der Waals surface area contributed by atoms with Gasteiger partial charge >= 0.3 is 0 Å². The van der Waals surface area contributed by atoms with Crippen LogP contribution in [0, 0.1) is 6.92 Å². The van der Waals surface area contributed by atoms with Crippen molar-refractivity contribution in [1.29, 1.82) is 0 Å². The Labute approximate surface area is 201 Å². The lowest BCUT2D eigenvalue weighted by atomic mass is 9.97. The van der Waals surface area contributed by atoms with E-state index in [0.717, 1.165) is 79.7 Å². The van der Waals surface area contributed by atoms with Gasteiger partial charge in [0.05, 0.1) is 5.69 Å². The molecule has 0 saturated carbocycles. The molecule has 0 aliphatic carbocycles. The van der Waals surface area contributed by atoms with E-state index in [1.54, 1.807) is 4.57 Å². The molecule has 34 heavy (non-hydrogen) atoms. The van der Waals surface area contributed by atoms with Crippen molar-refractivity contribution < 1.29 is 0 Å². The van der Waals surface area contributed by atoms with Crippen LogP contribution in [0.4, 0.5) is 11.6 Å². The van der Waals surface area contributed by atoms with E-state index in [9.17, 15) is 4.79 Å². The number of anilines is 2. The predicted molar refractivity (Wildman–Crippen MR) is 138 cm³/mol. The Morgan fingerprint density at radius 1 is 0.971 bits per heavy atom. The highest BCUT2D eigenvalue weighted by atomic mass is 16.1. The molecule has 0 amide bonds. The summed E-state index contributed by atoms with van der Waals surface area (Å²) in [5.74, 6) is 2.40. The number of hydrogen-bond donors (Lipinski definition) is 1. The van der Waals surface area contributed by atoms with E-state index in [0.29, 0.717) is 0 Å². The van der Waals surface area contributed by atoms with E-state index in [1.807, 2.05) is 26.2 Å². The monoisotopic (exact) mass is 458 g/mol. The molecule has 178 valence electrons. The zero-order chi connectivity index (χ0) is 23.8. The van der Waals surface area contributed by atoms with Crippen molar-refractivity contribution in [2.45, 2.75) is 39.7 Å². The van der Waals surface area contributed by atoms with Gasteiger partial charge in [0.2, 0.25) is 0 Å². The number of piperazine rings is 1. The molecule has 3 aromatic heterocycles. The molecule has 2 aliphatic heterocycles. The number of fused-ring (bicyclic) bond motifs is 1. The van der Waals surface area contributed by atoms with Crippen LogP contribution < -0.4 is 20.7 Å². The molecule has 0 bridgehead atoms. The lowest BCUT2D eigenvalue weighted by Gasteiger charge is -2.36. The minimum absolute atomic E-state index is 0.0439. The van der Waals surface area contributed by atoms with Crippen molar-refractivity contribution in [1.82, 2.24) is 19.9 Å². The Morgan fingerprint density at radius 2 is 1.65 bits per heavy atom. The second-order valence-electron chi connectivity index (χ2n) is 9.76. The Morgan fingerprint density at radius 3 is 2.32 bits per heavy atom. The van der Waals surface area contributed by atoms with Gasteiger partial charge in [0, 0.05) is 81.3 Å². The molecule has 1 saturated heterocycles. The van der Waals surface area contributed by atoms with Crippen molar-refractivity contribution >= 4 is 11.6 Å². The van der Waals surface area contributed by atoms with Crippen molar-refractivity contribution in [3.05, 3.63) is 69.4 Å². The predicted octanol–water partition coefficient (Wildman–Crippen LogP) is 3.25. The molecule has 1 N–H and O–H groups in total. The summed E-state index contributed by atoms with van der Waals surface area (Å²) in [6, 6.07) is 10.7. The van der Waals surface area contributed by atoms with E-state index < -0.39 is 0 Å². The van der Waals surface area contributed by atoms with Crippen molar-refractivity contribution in [3.8, 4) is 11.1 Å². The lowest BCUT2D eigenvalue weighted by Crippen LogP contribution is -2.47. The fraction of sp³-hybridized carbons (Fsp3) is 0.444. The van der Waals surface area contributed by atoms with Crippen LogP contribution in [-0.2, 0) is 20.0 Å². The highest BCUT2D eigenvalue weighted by molar-refractivity contribution is 5.68. The highest BCUT2D eigenvalue weighted by Gasteiger charge is 2.22. The Bertz CT molecular complexity index is 1230. The molecule has 1 fully saturated rings. The van der Waals surface area contributed by atoms with Crippen molar-refractivity contribution in [2.75, 3.05) is 42.5 Å². The summed E-state index contributed by atoms with van der Waals surface area (Å²) in [4.78, 5) is 27.0. The summed E-state index contributed by atoms with van der Waals surface area (Å²) in [6.07, 6.45) is 2.92. The first-order valence-corrected chi connectivity index (χ1v) is 12.3. The standard InChI is InChI=1S/C27H34N6O/c1-18(2)26-22(21-15-19(3)27(34)31(4)17-21)6-8-25(30-26)33-13-11-32(12-14-33)24-7-5-20-16-28-10-9-23(20)29-24/h5-8,15,17-18,28H,9-14,16H2,1-4H3. The number of hydrogen-bond acceptors (Lipinski definition) is 6. The molecule has 0 unspecified atom stereocenters. The highest BCUT2D eigenvalue weighted by Crippen LogP contribution is 2.30. The maximum Gasteiger partial charge on any atom is 0.253 e. The van der Waals surface area contributed by atoms with Crippen molar-refractivity contribution in [3.63, 3.8) is 0 Å². The quantitative estimate of drug-likeness (QED) is 0.648. The summed E-state index contributed by atoms with van der Waals surface area (Å²) in [5.41, 5.74) is 6.58. The Hall–Kier alpha value is -3.19. The molecule has 2 aliphatic rings. The molecule has 0 aromatic carbocycles. The van der Waals surface area contributed by atoms with Crippen LogP contribution in [0.15, 0.2) is 41.3 Å². The van der Waals surface area contributed by atoms with Gasteiger partial charge in [-0.25, -0.2) is 9.97 Å². The van der Waals surface area contributed by atoms with Gasteiger partial charge in [-0.2, -0.15) is 0 Å². The summed E-state index contributed by atoms with van der Waals surface area (Å²) in [6.45, 7) is 11.9. The minimum Gasteiger partial charge on any atom is -0.353 e. The normalized spacial score (nSPS) is 16.1. The molecule has 7 heteroatoms. The molecule has 5 heterocycles. The van der Waals surface area contributed by atoms with E-state index in [-0.39, 0.29) is 11.5 Å². The number of aromatic nitrogens is 3. The first-order valence-electron chi connectivity index (χ1n) is 12.3. The number of pyridine rings is 3. The van der Waals surface area contributed by atoms with Gasteiger partial charge in [0.1, 0.15) is 11.6 Å². The topological polar surface area (TPSA) is 66.3 Å². The van der Waals surface area contributed by atoms with E-state index in [2.05, 4.69) is 53.2 Å². The van der Waals surface area contributed by atoms with Gasteiger partial charge in [-0.1, -0.05) is 19.9 Å². The second-order valence-corrected chi connectivity index (χ2v) is 9.76. The number of rotatable bonds is 4. The smallest absolute Gasteiger partial charge is 0.253 e. The average Bonchev–Trinajstić information content (AvgIpc) is 2.86. The molecular formula is C27H34N6O. The summed E-state index contributed by atoms with van der Waals surface area (Å²) >= 11 is 0. The first-order chi connectivity index (χ1) is 16.4. The van der Waals surface area contributed by atoms with Gasteiger partial charge in [-0.3, -0.25) is 4.79 Å². The number of nitrogens with one attached hydrogen (secondary N) is 1. The van der Waals surface area contributed by atoms with Crippen LogP contribution in [-0.4, -0.2) is 47.3 Å². The van der Waals surface area contributed by atoms with Gasteiger partial charge in [0.25, 0.3) is 5.56 Å². The Balaban J connectivity index is 1.35. The van der Waals surface area contributed by atoms with Crippen LogP contribution in [0.2, 0.25) is 0 Å². The zero-order valence-corrected chi connectivity index (χ0v) is 20.6. The molecule has 7 nitrogen and oxygen atoms in total. The third-order valence-electron chi connectivity index (χ3n) is 6.97. The van der Waals surface area contributed by atoms with Gasteiger partial charge < -0.3 is 19.7 Å². The Kier molecular flexibility index (Phi) is 6.13. The molecule has 0 atom stereocenters. The minimum atomic E-state index is 0.0439. The van der Waals surface area contributed by atoms with Gasteiger partial charge in [-0.05, 0) is 42.7 Å². The number of aryl methyl sites for hydroxylation is 2. The SMILES string of the molecule is Cc1cc(-c2ccc(N3CCN(c4ccc5c(n4)CCNC5)CC3)nc2C(C)C)cn(C)c1=O. The van der Waals surface area contributed by atoms with Crippen LogP contribution in [0.1, 0.15) is 42.3 Å². The maximum atomic E-state index is 12.2.